The van der Waals surface area contributed by atoms with Gasteiger partial charge in [-0.1, -0.05) is 11.2 Å². The molecule has 5 rings (SSSR count). The first-order chi connectivity index (χ1) is 13.2. The molecule has 0 radical (unpaired) electrons. The number of aryl methyl sites for hydroxylation is 1. The number of thiophene rings is 2. The summed E-state index contributed by atoms with van der Waals surface area (Å²) in [6.45, 7) is 0. The third-order valence-electron chi connectivity index (χ3n) is 4.38. The minimum atomic E-state index is -0.227. The maximum absolute atomic E-state index is 12.8. The molecule has 1 aliphatic carbocycles. The average molecular weight is 397 g/mol. The second-order valence-electron chi connectivity index (χ2n) is 6.37. The van der Waals surface area contributed by atoms with Crippen LogP contribution in [0, 0.1) is 0 Å². The van der Waals surface area contributed by atoms with E-state index >= 15 is 0 Å². The highest BCUT2D eigenvalue weighted by atomic mass is 32.1. The number of rotatable bonds is 5. The lowest BCUT2D eigenvalue weighted by Gasteiger charge is -2.04. The lowest BCUT2D eigenvalue weighted by molar-refractivity contribution is 0.101. The Labute approximate surface area is 162 Å². The molecule has 4 heterocycles. The van der Waals surface area contributed by atoms with Crippen molar-refractivity contribution in [2.45, 2.75) is 18.8 Å². The summed E-state index contributed by atoms with van der Waals surface area (Å²) in [5.74, 6) is 1.40. The van der Waals surface area contributed by atoms with Crippen LogP contribution < -0.4 is 5.32 Å². The van der Waals surface area contributed by atoms with Crippen LogP contribution in [0.4, 0.5) is 5.69 Å². The number of anilines is 1. The summed E-state index contributed by atoms with van der Waals surface area (Å²) in [5.41, 5.74) is 1.93. The first-order valence-corrected chi connectivity index (χ1v) is 10.3. The first-order valence-electron chi connectivity index (χ1n) is 8.50. The minimum absolute atomic E-state index is 0.227. The Kier molecular flexibility index (Phi) is 3.91. The van der Waals surface area contributed by atoms with Gasteiger partial charge in [-0.15, -0.1) is 22.7 Å². The molecule has 0 saturated heterocycles. The Morgan fingerprint density at radius 3 is 2.96 bits per heavy atom. The normalized spacial score (nSPS) is 13.8. The van der Waals surface area contributed by atoms with E-state index in [4.69, 9.17) is 4.52 Å². The number of carbonyl (C=O) groups is 1. The van der Waals surface area contributed by atoms with Gasteiger partial charge in [-0.2, -0.15) is 10.1 Å². The molecular weight excluding hydrogens is 382 g/mol. The van der Waals surface area contributed by atoms with Gasteiger partial charge < -0.3 is 9.84 Å². The molecule has 4 aromatic rings. The van der Waals surface area contributed by atoms with Crippen LogP contribution in [0.1, 0.15) is 35.1 Å². The molecule has 1 saturated carbocycles. The summed E-state index contributed by atoms with van der Waals surface area (Å²) < 4.78 is 6.99. The number of aromatic nitrogens is 4. The molecule has 0 atom stereocenters. The first kappa shape index (κ1) is 16.4. The highest BCUT2D eigenvalue weighted by molar-refractivity contribution is 7.14. The molecule has 1 N–H and O–H groups in total. The third-order valence-corrected chi connectivity index (χ3v) is 6.17. The standard InChI is InChI=1S/C18H15N5O2S2/c1-23-13(9-12(21-23)14-3-2-7-26-14)17(24)19-11-6-8-27-15(11)18-20-16(22-25-18)10-4-5-10/h2-3,6-10H,4-5H2,1H3,(H,19,24). The summed E-state index contributed by atoms with van der Waals surface area (Å²) in [4.78, 5) is 19.1. The molecule has 1 aliphatic rings. The largest absolute Gasteiger partial charge is 0.333 e. The van der Waals surface area contributed by atoms with Crippen molar-refractivity contribution < 1.29 is 9.32 Å². The molecule has 0 aromatic carbocycles. The fourth-order valence-corrected chi connectivity index (χ4v) is 4.27. The Balaban J connectivity index is 1.39. The van der Waals surface area contributed by atoms with Crippen molar-refractivity contribution in [2.24, 2.45) is 7.05 Å². The summed E-state index contributed by atoms with van der Waals surface area (Å²) >= 11 is 3.05. The van der Waals surface area contributed by atoms with Crippen LogP contribution in [0.5, 0.6) is 0 Å². The van der Waals surface area contributed by atoms with Crippen molar-refractivity contribution >= 4 is 34.3 Å². The van der Waals surface area contributed by atoms with Crippen molar-refractivity contribution in [3.8, 4) is 21.3 Å². The fourth-order valence-electron chi connectivity index (χ4n) is 2.82. The average Bonchev–Trinajstić information content (AvgIpc) is 3.13. The summed E-state index contributed by atoms with van der Waals surface area (Å²) in [6, 6.07) is 7.59. The number of amides is 1. The van der Waals surface area contributed by atoms with Crippen LogP contribution in [0.25, 0.3) is 21.3 Å². The lowest BCUT2D eigenvalue weighted by Crippen LogP contribution is -2.16. The second-order valence-corrected chi connectivity index (χ2v) is 8.23. The van der Waals surface area contributed by atoms with Gasteiger partial charge in [0.2, 0.25) is 0 Å². The summed E-state index contributed by atoms with van der Waals surface area (Å²) in [6.07, 6.45) is 2.22. The van der Waals surface area contributed by atoms with Crippen LogP contribution in [-0.2, 0) is 7.05 Å². The molecule has 0 aliphatic heterocycles. The number of hydrogen-bond donors (Lipinski definition) is 1. The molecule has 0 bridgehead atoms. The molecule has 9 heteroatoms. The van der Waals surface area contributed by atoms with Crippen LogP contribution in [0.3, 0.4) is 0 Å². The topological polar surface area (TPSA) is 85.8 Å². The Morgan fingerprint density at radius 1 is 1.30 bits per heavy atom. The Hall–Kier alpha value is -2.78. The zero-order valence-corrected chi connectivity index (χ0v) is 16.0. The molecule has 4 aromatic heterocycles. The minimum Gasteiger partial charge on any atom is -0.333 e. The van der Waals surface area contributed by atoms with Gasteiger partial charge in [0.15, 0.2) is 5.82 Å². The van der Waals surface area contributed by atoms with Gasteiger partial charge in [0.05, 0.1) is 10.6 Å². The Morgan fingerprint density at radius 2 is 2.19 bits per heavy atom. The quantitative estimate of drug-likeness (QED) is 0.540. The monoisotopic (exact) mass is 397 g/mol. The fraction of sp³-hybridized carbons (Fsp3) is 0.222. The molecule has 7 nitrogen and oxygen atoms in total. The predicted molar refractivity (Wildman–Crippen MR) is 104 cm³/mol. The summed E-state index contributed by atoms with van der Waals surface area (Å²) in [7, 11) is 1.76. The van der Waals surface area contributed by atoms with Gasteiger partial charge in [0.1, 0.15) is 16.3 Å². The van der Waals surface area contributed by atoms with Crippen LogP contribution in [0.15, 0.2) is 39.5 Å². The van der Waals surface area contributed by atoms with Crippen molar-refractivity contribution in [1.82, 2.24) is 19.9 Å². The molecule has 0 unspecified atom stereocenters. The molecule has 1 amide bonds. The van der Waals surface area contributed by atoms with Gasteiger partial charge in [-0.05, 0) is 41.8 Å². The number of nitrogens with one attached hydrogen (secondary N) is 1. The van der Waals surface area contributed by atoms with Crippen molar-refractivity contribution in [2.75, 3.05) is 5.32 Å². The van der Waals surface area contributed by atoms with Gasteiger partial charge in [-0.25, -0.2) is 0 Å². The van der Waals surface area contributed by atoms with Crippen molar-refractivity contribution in [3.05, 3.63) is 46.5 Å². The van der Waals surface area contributed by atoms with Crippen LogP contribution >= 0.6 is 22.7 Å². The lowest BCUT2D eigenvalue weighted by atomic mass is 10.3. The second kappa shape index (κ2) is 6.43. The highest BCUT2D eigenvalue weighted by Crippen LogP contribution is 2.40. The van der Waals surface area contributed by atoms with E-state index < -0.39 is 0 Å². The van der Waals surface area contributed by atoms with Gasteiger partial charge in [0, 0.05) is 13.0 Å². The van der Waals surface area contributed by atoms with Gasteiger partial charge in [0.25, 0.3) is 11.8 Å². The van der Waals surface area contributed by atoms with E-state index in [-0.39, 0.29) is 5.91 Å². The van der Waals surface area contributed by atoms with E-state index in [1.165, 1.54) is 11.3 Å². The van der Waals surface area contributed by atoms with Crippen LogP contribution in [-0.4, -0.2) is 25.8 Å². The Bertz CT molecular complexity index is 1100. The van der Waals surface area contributed by atoms with Gasteiger partial charge in [-0.3, -0.25) is 9.48 Å². The maximum Gasteiger partial charge on any atom is 0.273 e. The van der Waals surface area contributed by atoms with Crippen molar-refractivity contribution in [1.29, 1.82) is 0 Å². The van der Waals surface area contributed by atoms with E-state index in [0.29, 0.717) is 23.2 Å². The molecule has 27 heavy (non-hydrogen) atoms. The number of carbonyl (C=O) groups excluding carboxylic acids is 1. The predicted octanol–water partition coefficient (Wildman–Crippen LogP) is 4.39. The SMILES string of the molecule is Cn1nc(-c2cccs2)cc1C(=O)Nc1ccsc1-c1nc(C2CC2)no1. The molecule has 136 valence electrons. The molecule has 1 fully saturated rings. The zero-order valence-electron chi connectivity index (χ0n) is 14.4. The van der Waals surface area contributed by atoms with E-state index in [2.05, 4.69) is 20.6 Å². The molecular formula is C18H15N5O2S2. The summed E-state index contributed by atoms with van der Waals surface area (Å²) in [5, 5.41) is 15.3. The van der Waals surface area contributed by atoms with E-state index in [1.807, 2.05) is 29.0 Å². The zero-order chi connectivity index (χ0) is 18.4. The maximum atomic E-state index is 12.8. The molecule has 0 spiro atoms. The third kappa shape index (κ3) is 3.08. The van der Waals surface area contributed by atoms with Crippen LogP contribution in [0.2, 0.25) is 0 Å². The number of nitrogens with zero attached hydrogens (tertiary/aromatic N) is 4. The highest BCUT2D eigenvalue weighted by Gasteiger charge is 2.29. The number of hydrogen-bond acceptors (Lipinski definition) is 7. The van der Waals surface area contributed by atoms with Crippen molar-refractivity contribution in [3.63, 3.8) is 0 Å². The van der Waals surface area contributed by atoms with E-state index in [0.717, 1.165) is 34.1 Å². The smallest absolute Gasteiger partial charge is 0.273 e. The van der Waals surface area contributed by atoms with Gasteiger partial charge >= 0.3 is 0 Å². The van der Waals surface area contributed by atoms with E-state index in [9.17, 15) is 4.79 Å². The van der Waals surface area contributed by atoms with E-state index in [1.54, 1.807) is 29.1 Å².